The predicted molar refractivity (Wildman–Crippen MR) is 99.3 cm³/mol. The summed E-state index contributed by atoms with van der Waals surface area (Å²) in [5, 5.41) is 9.55. The van der Waals surface area contributed by atoms with Crippen LogP contribution in [0.5, 0.6) is 0 Å². The number of benzene rings is 1. The van der Waals surface area contributed by atoms with Crippen molar-refractivity contribution in [2.45, 2.75) is 24.0 Å². The van der Waals surface area contributed by atoms with E-state index in [4.69, 9.17) is 16.0 Å². The summed E-state index contributed by atoms with van der Waals surface area (Å²) in [4.78, 5) is 12.6. The van der Waals surface area contributed by atoms with Crippen LogP contribution < -0.4 is 5.32 Å². The Labute approximate surface area is 158 Å². The second kappa shape index (κ2) is 7.18. The standard InChI is InChI=1S/C16H14ClN3O4S2/c1-9(2)26(22,23)11-5-3-4-10(8-11)15-19-20-16(24-15)18-14(21)12-6-7-13(17)25-12/h3-9H,1-2H3,(H,18,20,21). The zero-order valence-electron chi connectivity index (χ0n) is 13.8. The predicted octanol–water partition coefficient (Wildman–Crippen LogP) is 3.89. The van der Waals surface area contributed by atoms with Gasteiger partial charge in [0.25, 0.3) is 5.91 Å². The van der Waals surface area contributed by atoms with Crippen molar-refractivity contribution in [3.63, 3.8) is 0 Å². The highest BCUT2D eigenvalue weighted by molar-refractivity contribution is 7.92. The van der Waals surface area contributed by atoms with E-state index in [2.05, 4.69) is 15.5 Å². The van der Waals surface area contributed by atoms with Crippen LogP contribution in [0.1, 0.15) is 23.5 Å². The van der Waals surface area contributed by atoms with Crippen molar-refractivity contribution in [3.05, 3.63) is 45.6 Å². The quantitative estimate of drug-likeness (QED) is 0.683. The van der Waals surface area contributed by atoms with Crippen LogP contribution in [-0.2, 0) is 9.84 Å². The van der Waals surface area contributed by atoms with Crippen molar-refractivity contribution in [1.82, 2.24) is 10.2 Å². The lowest BCUT2D eigenvalue weighted by Gasteiger charge is -2.08. The number of nitrogens with one attached hydrogen (secondary N) is 1. The SMILES string of the molecule is CC(C)S(=O)(=O)c1cccc(-c2nnc(NC(=O)c3ccc(Cl)s3)o2)c1. The normalized spacial score (nSPS) is 11.7. The van der Waals surface area contributed by atoms with Crippen molar-refractivity contribution < 1.29 is 17.6 Å². The van der Waals surface area contributed by atoms with E-state index >= 15 is 0 Å². The lowest BCUT2D eigenvalue weighted by Crippen LogP contribution is -2.13. The fraction of sp³-hybridized carbons (Fsp3) is 0.188. The molecule has 0 aliphatic heterocycles. The van der Waals surface area contributed by atoms with Gasteiger partial charge >= 0.3 is 6.01 Å². The largest absolute Gasteiger partial charge is 0.403 e. The molecular formula is C16H14ClN3O4S2. The summed E-state index contributed by atoms with van der Waals surface area (Å²) in [6, 6.07) is 9.33. The highest BCUT2D eigenvalue weighted by atomic mass is 35.5. The summed E-state index contributed by atoms with van der Waals surface area (Å²) in [6.07, 6.45) is 0. The molecular weight excluding hydrogens is 398 g/mol. The monoisotopic (exact) mass is 411 g/mol. The summed E-state index contributed by atoms with van der Waals surface area (Å²) in [6.45, 7) is 3.22. The first-order valence-corrected chi connectivity index (χ1v) is 10.3. The maximum Gasteiger partial charge on any atom is 0.322 e. The van der Waals surface area contributed by atoms with Gasteiger partial charge in [0.05, 0.1) is 19.4 Å². The molecule has 0 saturated heterocycles. The minimum Gasteiger partial charge on any atom is -0.403 e. The summed E-state index contributed by atoms with van der Waals surface area (Å²) in [7, 11) is -3.42. The number of sulfone groups is 1. The topological polar surface area (TPSA) is 102 Å². The molecule has 136 valence electrons. The zero-order valence-corrected chi connectivity index (χ0v) is 16.2. The molecule has 0 radical (unpaired) electrons. The van der Waals surface area contributed by atoms with Crippen LogP contribution in [-0.4, -0.2) is 29.8 Å². The molecule has 0 unspecified atom stereocenters. The zero-order chi connectivity index (χ0) is 18.9. The Kier molecular flexibility index (Phi) is 5.12. The number of hydrogen-bond donors (Lipinski definition) is 1. The second-order valence-electron chi connectivity index (χ2n) is 5.59. The first-order valence-electron chi connectivity index (χ1n) is 7.52. The molecule has 1 N–H and O–H groups in total. The molecule has 2 aromatic heterocycles. The molecule has 0 fully saturated rings. The highest BCUT2D eigenvalue weighted by Crippen LogP contribution is 2.26. The number of thiophene rings is 1. The Balaban J connectivity index is 1.83. The van der Waals surface area contributed by atoms with E-state index in [1.165, 1.54) is 12.1 Å². The van der Waals surface area contributed by atoms with Crippen LogP contribution in [0.15, 0.2) is 45.7 Å². The van der Waals surface area contributed by atoms with Crippen LogP contribution in [0.25, 0.3) is 11.5 Å². The molecule has 0 spiro atoms. The lowest BCUT2D eigenvalue weighted by molar-refractivity contribution is 0.102. The Morgan fingerprint density at radius 1 is 1.23 bits per heavy atom. The molecule has 0 aliphatic carbocycles. The molecule has 0 saturated carbocycles. The number of nitrogens with zero attached hydrogens (tertiary/aromatic N) is 2. The number of rotatable bonds is 5. The van der Waals surface area contributed by atoms with Gasteiger partial charge in [-0.25, -0.2) is 8.42 Å². The molecule has 0 bridgehead atoms. The number of aromatic nitrogens is 2. The van der Waals surface area contributed by atoms with Gasteiger partial charge in [-0.1, -0.05) is 22.8 Å². The van der Waals surface area contributed by atoms with Crippen LogP contribution >= 0.6 is 22.9 Å². The van der Waals surface area contributed by atoms with E-state index in [-0.39, 0.29) is 16.8 Å². The Bertz CT molecular complexity index is 1060. The van der Waals surface area contributed by atoms with Gasteiger partial charge < -0.3 is 4.42 Å². The Morgan fingerprint density at radius 2 is 2.00 bits per heavy atom. The molecule has 26 heavy (non-hydrogen) atoms. The minimum atomic E-state index is -3.42. The molecule has 1 aromatic carbocycles. The van der Waals surface area contributed by atoms with E-state index in [1.807, 2.05) is 0 Å². The first kappa shape index (κ1) is 18.6. The average Bonchev–Trinajstić information content (AvgIpc) is 3.24. The Morgan fingerprint density at radius 3 is 2.65 bits per heavy atom. The average molecular weight is 412 g/mol. The van der Waals surface area contributed by atoms with Gasteiger partial charge in [0.1, 0.15) is 0 Å². The number of anilines is 1. The van der Waals surface area contributed by atoms with Gasteiger partial charge in [0.15, 0.2) is 9.84 Å². The van der Waals surface area contributed by atoms with Gasteiger partial charge in [-0.2, -0.15) is 0 Å². The minimum absolute atomic E-state index is 0.0911. The smallest absolute Gasteiger partial charge is 0.322 e. The molecule has 1 amide bonds. The highest BCUT2D eigenvalue weighted by Gasteiger charge is 2.21. The van der Waals surface area contributed by atoms with Gasteiger partial charge in [-0.05, 0) is 44.2 Å². The fourth-order valence-corrected chi connectivity index (χ4v) is 4.11. The molecule has 3 aromatic rings. The van der Waals surface area contributed by atoms with E-state index in [9.17, 15) is 13.2 Å². The van der Waals surface area contributed by atoms with Gasteiger partial charge in [-0.3, -0.25) is 10.1 Å². The van der Waals surface area contributed by atoms with Crippen LogP contribution in [0.2, 0.25) is 4.34 Å². The first-order chi connectivity index (χ1) is 12.3. The number of carbonyl (C=O) groups excluding carboxylic acids is 1. The van der Waals surface area contributed by atoms with Crippen LogP contribution in [0, 0.1) is 0 Å². The number of halogens is 1. The third-order valence-electron chi connectivity index (χ3n) is 3.47. The molecule has 7 nitrogen and oxygen atoms in total. The summed E-state index contributed by atoms with van der Waals surface area (Å²) in [5.74, 6) is -0.321. The van der Waals surface area contributed by atoms with Gasteiger partial charge in [-0.15, -0.1) is 16.4 Å². The summed E-state index contributed by atoms with van der Waals surface area (Å²) >= 11 is 6.93. The summed E-state index contributed by atoms with van der Waals surface area (Å²) < 4.78 is 30.5. The third-order valence-corrected chi connectivity index (χ3v) is 6.85. The maximum atomic E-state index is 12.3. The Hall–Kier alpha value is -2.23. The van der Waals surface area contributed by atoms with E-state index in [0.717, 1.165) is 11.3 Å². The lowest BCUT2D eigenvalue weighted by atomic mass is 10.2. The molecule has 0 atom stereocenters. The number of amides is 1. The molecule has 0 aliphatic rings. The fourth-order valence-electron chi connectivity index (χ4n) is 2.06. The van der Waals surface area contributed by atoms with Gasteiger partial charge in [0, 0.05) is 5.56 Å². The molecule has 10 heteroatoms. The van der Waals surface area contributed by atoms with E-state index in [0.29, 0.717) is 14.8 Å². The van der Waals surface area contributed by atoms with Crippen molar-refractivity contribution in [2.75, 3.05) is 5.32 Å². The van der Waals surface area contributed by atoms with Gasteiger partial charge in [0.2, 0.25) is 5.89 Å². The second-order valence-corrected chi connectivity index (χ2v) is 9.81. The number of hydrogen-bond acceptors (Lipinski definition) is 7. The summed E-state index contributed by atoms with van der Waals surface area (Å²) in [5.41, 5.74) is 0.443. The molecule has 2 heterocycles. The van der Waals surface area contributed by atoms with E-state index in [1.54, 1.807) is 38.1 Å². The van der Waals surface area contributed by atoms with Crippen LogP contribution in [0.3, 0.4) is 0 Å². The van der Waals surface area contributed by atoms with Crippen molar-refractivity contribution in [2.24, 2.45) is 0 Å². The maximum absolute atomic E-state index is 12.3. The van der Waals surface area contributed by atoms with E-state index < -0.39 is 21.0 Å². The third kappa shape index (κ3) is 3.79. The van der Waals surface area contributed by atoms with Crippen molar-refractivity contribution in [3.8, 4) is 11.5 Å². The van der Waals surface area contributed by atoms with Crippen molar-refractivity contribution in [1.29, 1.82) is 0 Å². The molecule has 3 rings (SSSR count). The van der Waals surface area contributed by atoms with Crippen LogP contribution in [0.4, 0.5) is 6.01 Å². The number of carbonyl (C=O) groups is 1. The van der Waals surface area contributed by atoms with Crippen molar-refractivity contribution >= 4 is 44.7 Å².